The van der Waals surface area contributed by atoms with Gasteiger partial charge in [0, 0.05) is 19.0 Å². The van der Waals surface area contributed by atoms with Crippen LogP contribution in [0, 0.1) is 6.92 Å². The Labute approximate surface area is 140 Å². The van der Waals surface area contributed by atoms with E-state index in [0.717, 1.165) is 17.4 Å². The number of benzene rings is 2. The fourth-order valence-corrected chi connectivity index (χ4v) is 2.79. The molecule has 0 aliphatic heterocycles. The first kappa shape index (κ1) is 16.0. The number of nitrogens with one attached hydrogen (secondary N) is 1. The summed E-state index contributed by atoms with van der Waals surface area (Å²) in [5, 5.41) is 4.32. The molecule has 0 bridgehead atoms. The summed E-state index contributed by atoms with van der Waals surface area (Å²) < 4.78 is 1.42. The van der Waals surface area contributed by atoms with E-state index in [-0.39, 0.29) is 11.5 Å². The van der Waals surface area contributed by atoms with Crippen molar-refractivity contribution >= 4 is 16.7 Å². The predicted octanol–water partition coefficient (Wildman–Crippen LogP) is 2.82. The number of rotatable bonds is 4. The molecular weight excluding hydrogens is 300 g/mol. The van der Waals surface area contributed by atoms with Crippen LogP contribution in [-0.2, 0) is 13.5 Å². The summed E-state index contributed by atoms with van der Waals surface area (Å²) >= 11 is 0. The molecule has 0 spiro atoms. The number of aryl methyl sites for hydroxylation is 1. The smallest absolute Gasteiger partial charge is 0.268 e. The van der Waals surface area contributed by atoms with Crippen molar-refractivity contribution in [3.05, 3.63) is 81.8 Å². The fraction of sp³-hybridized carbons (Fsp3) is 0.200. The van der Waals surface area contributed by atoms with Gasteiger partial charge < -0.3 is 9.88 Å². The molecule has 0 fully saturated rings. The van der Waals surface area contributed by atoms with Crippen LogP contribution in [0.3, 0.4) is 0 Å². The molecule has 4 nitrogen and oxygen atoms in total. The van der Waals surface area contributed by atoms with Gasteiger partial charge in [0.25, 0.3) is 11.5 Å². The standard InChI is InChI=1S/C20H20N2O2/c1-14-8-9-16-13-18(22(2)20(24)17(16)12-14)19(23)21-11-10-15-6-4-3-5-7-15/h3-9,12-13H,10-11H2,1-2H3,(H,21,23). The highest BCUT2D eigenvalue weighted by Crippen LogP contribution is 2.14. The SMILES string of the molecule is Cc1ccc2cc(C(=O)NCCc3ccccc3)n(C)c(=O)c2c1. The highest BCUT2D eigenvalue weighted by molar-refractivity contribution is 5.96. The van der Waals surface area contributed by atoms with E-state index in [0.29, 0.717) is 17.6 Å². The normalized spacial score (nSPS) is 10.8. The number of aromatic nitrogens is 1. The number of amides is 1. The van der Waals surface area contributed by atoms with E-state index in [1.165, 1.54) is 10.1 Å². The first-order chi connectivity index (χ1) is 11.6. The first-order valence-electron chi connectivity index (χ1n) is 7.99. The van der Waals surface area contributed by atoms with Crippen LogP contribution < -0.4 is 10.9 Å². The first-order valence-corrected chi connectivity index (χ1v) is 7.99. The Morgan fingerprint density at radius 3 is 2.58 bits per heavy atom. The highest BCUT2D eigenvalue weighted by atomic mass is 16.2. The Morgan fingerprint density at radius 2 is 1.83 bits per heavy atom. The van der Waals surface area contributed by atoms with E-state index in [1.807, 2.05) is 55.5 Å². The number of nitrogens with zero attached hydrogens (tertiary/aromatic N) is 1. The maximum absolute atomic E-state index is 12.5. The third-order valence-electron chi connectivity index (χ3n) is 4.17. The molecule has 0 atom stereocenters. The number of pyridine rings is 1. The number of hydrogen-bond acceptors (Lipinski definition) is 2. The molecule has 1 amide bonds. The Bertz CT molecular complexity index is 943. The number of fused-ring (bicyclic) bond motifs is 1. The third-order valence-corrected chi connectivity index (χ3v) is 4.17. The summed E-state index contributed by atoms with van der Waals surface area (Å²) in [5.41, 5.74) is 2.43. The summed E-state index contributed by atoms with van der Waals surface area (Å²) in [6.07, 6.45) is 0.757. The largest absolute Gasteiger partial charge is 0.350 e. The molecule has 2 aromatic carbocycles. The van der Waals surface area contributed by atoms with Gasteiger partial charge in [-0.3, -0.25) is 9.59 Å². The van der Waals surface area contributed by atoms with Crippen LogP contribution in [0.25, 0.3) is 10.8 Å². The Balaban J connectivity index is 1.81. The fourth-order valence-electron chi connectivity index (χ4n) is 2.79. The molecule has 122 valence electrons. The van der Waals surface area contributed by atoms with E-state index >= 15 is 0 Å². The van der Waals surface area contributed by atoms with Gasteiger partial charge in [-0.05, 0) is 36.4 Å². The molecule has 1 heterocycles. The predicted molar refractivity (Wildman–Crippen MR) is 96.4 cm³/mol. The molecule has 24 heavy (non-hydrogen) atoms. The van der Waals surface area contributed by atoms with Crippen molar-refractivity contribution in [2.75, 3.05) is 6.54 Å². The zero-order valence-electron chi connectivity index (χ0n) is 13.9. The highest BCUT2D eigenvalue weighted by Gasteiger charge is 2.13. The maximum Gasteiger partial charge on any atom is 0.268 e. The van der Waals surface area contributed by atoms with Crippen molar-refractivity contribution in [1.29, 1.82) is 0 Å². The summed E-state index contributed by atoms with van der Waals surface area (Å²) in [4.78, 5) is 24.9. The van der Waals surface area contributed by atoms with Crippen molar-refractivity contribution < 1.29 is 4.79 Å². The zero-order valence-corrected chi connectivity index (χ0v) is 13.9. The van der Waals surface area contributed by atoms with Crippen LogP contribution in [0.4, 0.5) is 0 Å². The molecule has 1 aromatic heterocycles. The molecule has 1 N–H and O–H groups in total. The van der Waals surface area contributed by atoms with Crippen LogP contribution in [0.5, 0.6) is 0 Å². The van der Waals surface area contributed by atoms with Gasteiger partial charge in [0.05, 0.1) is 0 Å². The van der Waals surface area contributed by atoms with E-state index < -0.39 is 0 Å². The minimum absolute atomic E-state index is 0.149. The molecule has 0 aliphatic rings. The zero-order chi connectivity index (χ0) is 17.1. The average Bonchev–Trinajstić information content (AvgIpc) is 2.59. The van der Waals surface area contributed by atoms with Gasteiger partial charge in [-0.2, -0.15) is 0 Å². The molecule has 0 saturated heterocycles. The molecule has 0 saturated carbocycles. The lowest BCUT2D eigenvalue weighted by atomic mass is 10.1. The molecule has 3 aromatic rings. The molecule has 0 unspecified atom stereocenters. The average molecular weight is 320 g/mol. The summed E-state index contributed by atoms with van der Waals surface area (Å²) in [7, 11) is 1.64. The number of carbonyl (C=O) groups excluding carboxylic acids is 1. The maximum atomic E-state index is 12.5. The van der Waals surface area contributed by atoms with E-state index in [2.05, 4.69) is 5.32 Å². The van der Waals surface area contributed by atoms with Crippen LogP contribution >= 0.6 is 0 Å². The Hall–Kier alpha value is -2.88. The second kappa shape index (κ2) is 6.71. The van der Waals surface area contributed by atoms with Gasteiger partial charge in [0.2, 0.25) is 0 Å². The van der Waals surface area contributed by atoms with E-state index in [1.54, 1.807) is 13.1 Å². The lowest BCUT2D eigenvalue weighted by molar-refractivity contribution is 0.0945. The van der Waals surface area contributed by atoms with Crippen molar-refractivity contribution in [3.63, 3.8) is 0 Å². The number of carbonyl (C=O) groups is 1. The van der Waals surface area contributed by atoms with Crippen molar-refractivity contribution in [2.24, 2.45) is 7.05 Å². The summed E-state index contributed by atoms with van der Waals surface area (Å²) in [6, 6.07) is 17.4. The second-order valence-electron chi connectivity index (χ2n) is 5.98. The van der Waals surface area contributed by atoms with Crippen LogP contribution in [-0.4, -0.2) is 17.0 Å². The van der Waals surface area contributed by atoms with Gasteiger partial charge in [-0.1, -0.05) is 48.0 Å². The molecule has 0 aliphatic carbocycles. The summed E-state index contributed by atoms with van der Waals surface area (Å²) in [6.45, 7) is 2.48. The van der Waals surface area contributed by atoms with Gasteiger partial charge in [-0.25, -0.2) is 0 Å². The monoisotopic (exact) mass is 320 g/mol. The minimum atomic E-state index is -0.229. The van der Waals surface area contributed by atoms with Crippen LogP contribution in [0.15, 0.2) is 59.4 Å². The summed E-state index contributed by atoms with van der Waals surface area (Å²) in [5.74, 6) is -0.229. The van der Waals surface area contributed by atoms with E-state index in [4.69, 9.17) is 0 Å². The number of hydrogen-bond donors (Lipinski definition) is 1. The quantitative estimate of drug-likeness (QED) is 0.803. The van der Waals surface area contributed by atoms with Crippen LogP contribution in [0.1, 0.15) is 21.6 Å². The lowest BCUT2D eigenvalue weighted by Gasteiger charge is -2.11. The van der Waals surface area contributed by atoms with Gasteiger partial charge in [0.15, 0.2) is 0 Å². The lowest BCUT2D eigenvalue weighted by Crippen LogP contribution is -2.32. The van der Waals surface area contributed by atoms with Gasteiger partial charge in [-0.15, -0.1) is 0 Å². The van der Waals surface area contributed by atoms with Crippen molar-refractivity contribution in [3.8, 4) is 0 Å². The van der Waals surface area contributed by atoms with Crippen molar-refractivity contribution in [2.45, 2.75) is 13.3 Å². The Kier molecular flexibility index (Phi) is 4.47. The van der Waals surface area contributed by atoms with Gasteiger partial charge in [0.1, 0.15) is 5.69 Å². The third kappa shape index (κ3) is 3.23. The van der Waals surface area contributed by atoms with Gasteiger partial charge >= 0.3 is 0 Å². The van der Waals surface area contributed by atoms with Crippen molar-refractivity contribution in [1.82, 2.24) is 9.88 Å². The molecule has 3 rings (SSSR count). The topological polar surface area (TPSA) is 51.1 Å². The minimum Gasteiger partial charge on any atom is -0.350 e. The Morgan fingerprint density at radius 1 is 1.08 bits per heavy atom. The van der Waals surface area contributed by atoms with Crippen LogP contribution in [0.2, 0.25) is 0 Å². The second-order valence-corrected chi connectivity index (χ2v) is 5.98. The molecular formula is C20H20N2O2. The van der Waals surface area contributed by atoms with E-state index in [9.17, 15) is 9.59 Å². The molecule has 0 radical (unpaired) electrons. The molecule has 4 heteroatoms.